The molecule has 0 radical (unpaired) electrons. The van der Waals surface area contributed by atoms with Gasteiger partial charge in [0.2, 0.25) is 5.91 Å². The van der Waals surface area contributed by atoms with Gasteiger partial charge >= 0.3 is 0 Å². The topological polar surface area (TPSA) is 64.1 Å². The largest absolute Gasteiger partial charge is 0.373 e. The van der Waals surface area contributed by atoms with Gasteiger partial charge in [0.05, 0.1) is 28.2 Å². The minimum Gasteiger partial charge on any atom is -0.373 e. The first kappa shape index (κ1) is 15.6. The molecule has 2 saturated heterocycles. The van der Waals surface area contributed by atoms with Gasteiger partial charge < -0.3 is 10.1 Å². The van der Waals surface area contributed by atoms with Gasteiger partial charge in [-0.05, 0) is 42.0 Å². The number of carbonyl (C=O) groups excluding carboxylic acids is 1. The second kappa shape index (κ2) is 5.66. The molecule has 3 heterocycles. The minimum absolute atomic E-state index is 0.00211. The maximum Gasteiger partial charge on any atom is 0.230 e. The molecule has 1 aliphatic carbocycles. The molecule has 3 fully saturated rings. The Morgan fingerprint density at radius 1 is 1.12 bits per heavy atom. The molecule has 6 atom stereocenters. The van der Waals surface area contributed by atoms with E-state index >= 15 is 0 Å². The van der Waals surface area contributed by atoms with Gasteiger partial charge in [-0.3, -0.25) is 4.79 Å². The Morgan fingerprint density at radius 3 is 2.64 bits per heavy atom. The van der Waals surface area contributed by atoms with Crippen molar-refractivity contribution in [1.82, 2.24) is 9.97 Å². The molecule has 25 heavy (non-hydrogen) atoms. The zero-order valence-electron chi connectivity index (χ0n) is 13.1. The maximum absolute atomic E-state index is 13.0. The van der Waals surface area contributed by atoms with Gasteiger partial charge in [-0.2, -0.15) is 0 Å². The molecule has 0 spiro atoms. The lowest BCUT2D eigenvalue weighted by Crippen LogP contribution is -2.37. The molecule has 128 valence electrons. The van der Waals surface area contributed by atoms with E-state index in [0.29, 0.717) is 27.6 Å². The van der Waals surface area contributed by atoms with E-state index in [4.69, 9.17) is 27.9 Å². The number of anilines is 1. The summed E-state index contributed by atoms with van der Waals surface area (Å²) in [7, 11) is 0. The average molecular weight is 376 g/mol. The molecule has 1 N–H and O–H groups in total. The van der Waals surface area contributed by atoms with Gasteiger partial charge in [-0.25, -0.2) is 9.97 Å². The van der Waals surface area contributed by atoms with E-state index in [-0.39, 0.29) is 30.0 Å². The molecule has 7 heteroatoms. The van der Waals surface area contributed by atoms with Crippen LogP contribution in [0.5, 0.6) is 0 Å². The number of nitrogens with zero attached hydrogens (tertiary/aromatic N) is 2. The lowest BCUT2D eigenvalue weighted by molar-refractivity contribution is -0.122. The number of amides is 1. The SMILES string of the molecule is O=C(Nc1ccc(Cl)c(Cl)c1)[C@H]1[C@H]2O[C@H]([C@@H]3C[C@@H]32)[C@H]1c1cncnc1. The Kier molecular flexibility index (Phi) is 3.52. The molecule has 2 aromatic rings. The predicted octanol–water partition coefficient (Wildman–Crippen LogP) is 3.54. The molecule has 1 aromatic heterocycles. The smallest absolute Gasteiger partial charge is 0.230 e. The molecular weight excluding hydrogens is 361 g/mol. The van der Waals surface area contributed by atoms with Crippen molar-refractivity contribution in [3.8, 4) is 0 Å². The number of aromatic nitrogens is 2. The molecule has 0 unspecified atom stereocenters. The zero-order chi connectivity index (χ0) is 17.1. The molecule has 3 aliphatic rings. The van der Waals surface area contributed by atoms with Crippen molar-refractivity contribution in [2.45, 2.75) is 24.5 Å². The van der Waals surface area contributed by atoms with Gasteiger partial charge in [-0.1, -0.05) is 23.2 Å². The average Bonchev–Trinajstić information content (AvgIpc) is 3.23. The number of hydrogen-bond donors (Lipinski definition) is 1. The third-order valence-electron chi connectivity index (χ3n) is 5.60. The quantitative estimate of drug-likeness (QED) is 0.890. The summed E-state index contributed by atoms with van der Waals surface area (Å²) in [6.45, 7) is 0. The highest BCUT2D eigenvalue weighted by Gasteiger charge is 2.68. The molecule has 2 bridgehead atoms. The van der Waals surface area contributed by atoms with Crippen molar-refractivity contribution < 1.29 is 9.53 Å². The number of hydrogen-bond acceptors (Lipinski definition) is 4. The van der Waals surface area contributed by atoms with Crippen LogP contribution in [0.15, 0.2) is 36.9 Å². The van der Waals surface area contributed by atoms with Crippen LogP contribution in [0.4, 0.5) is 5.69 Å². The van der Waals surface area contributed by atoms with Crippen LogP contribution in [0.3, 0.4) is 0 Å². The van der Waals surface area contributed by atoms with Gasteiger partial charge in [0, 0.05) is 24.0 Å². The van der Waals surface area contributed by atoms with Gasteiger partial charge in [0.25, 0.3) is 0 Å². The molecule has 1 saturated carbocycles. The van der Waals surface area contributed by atoms with Crippen LogP contribution < -0.4 is 5.32 Å². The first-order chi connectivity index (χ1) is 12.1. The van der Waals surface area contributed by atoms with E-state index < -0.39 is 0 Å². The fourth-order valence-electron chi connectivity index (χ4n) is 4.48. The summed E-state index contributed by atoms with van der Waals surface area (Å²) in [6, 6.07) is 5.09. The third-order valence-corrected chi connectivity index (χ3v) is 6.34. The van der Waals surface area contributed by atoms with Crippen molar-refractivity contribution in [1.29, 1.82) is 0 Å². The van der Waals surface area contributed by atoms with Crippen LogP contribution in [0.1, 0.15) is 17.9 Å². The third kappa shape index (κ3) is 2.45. The molecule has 2 aliphatic heterocycles. The first-order valence-electron chi connectivity index (χ1n) is 8.30. The number of ether oxygens (including phenoxy) is 1. The Balaban J connectivity index is 1.44. The Labute approximate surface area is 154 Å². The van der Waals surface area contributed by atoms with Crippen molar-refractivity contribution in [3.63, 3.8) is 0 Å². The summed E-state index contributed by atoms with van der Waals surface area (Å²) in [5, 5.41) is 3.85. The summed E-state index contributed by atoms with van der Waals surface area (Å²) in [5.74, 6) is 0.789. The number of rotatable bonds is 3. The summed E-state index contributed by atoms with van der Waals surface area (Å²) in [6.07, 6.45) is 6.30. The predicted molar refractivity (Wildman–Crippen MR) is 93.6 cm³/mol. The van der Waals surface area contributed by atoms with Crippen molar-refractivity contribution >= 4 is 34.8 Å². The lowest BCUT2D eigenvalue weighted by Gasteiger charge is -2.26. The van der Waals surface area contributed by atoms with E-state index in [1.807, 2.05) is 0 Å². The second-order valence-corrected chi connectivity index (χ2v) is 7.78. The van der Waals surface area contributed by atoms with Crippen LogP contribution in [0, 0.1) is 17.8 Å². The van der Waals surface area contributed by atoms with E-state index in [9.17, 15) is 4.79 Å². The Bertz CT molecular complexity index is 847. The number of benzene rings is 1. The fourth-order valence-corrected chi connectivity index (χ4v) is 4.77. The van der Waals surface area contributed by atoms with E-state index in [2.05, 4.69) is 15.3 Å². The highest BCUT2D eigenvalue weighted by Crippen LogP contribution is 2.65. The van der Waals surface area contributed by atoms with Crippen molar-refractivity contribution in [2.24, 2.45) is 17.8 Å². The van der Waals surface area contributed by atoms with Gasteiger partial charge in [0.15, 0.2) is 0 Å². The summed E-state index contributed by atoms with van der Waals surface area (Å²) in [4.78, 5) is 21.3. The highest BCUT2D eigenvalue weighted by atomic mass is 35.5. The zero-order valence-corrected chi connectivity index (χ0v) is 14.6. The van der Waals surface area contributed by atoms with Gasteiger partial charge in [0.1, 0.15) is 6.33 Å². The number of halogens is 2. The summed E-state index contributed by atoms with van der Waals surface area (Å²) >= 11 is 12.0. The van der Waals surface area contributed by atoms with Crippen LogP contribution in [-0.2, 0) is 9.53 Å². The normalized spacial score (nSPS) is 34.6. The monoisotopic (exact) mass is 375 g/mol. The second-order valence-electron chi connectivity index (χ2n) is 6.97. The standard InChI is InChI=1S/C18H15Cl2N3O2/c19-12-2-1-9(3-13(12)20)23-18(24)15-14(8-5-21-7-22-6-8)16-10-4-11(10)17(15)25-16/h1-3,5-7,10-11,14-17H,4H2,(H,23,24)/t10-,11+,14+,15-,16-,17+/m1/s1. The molecule has 5 rings (SSSR count). The van der Waals surface area contributed by atoms with E-state index in [1.54, 1.807) is 30.6 Å². The highest BCUT2D eigenvalue weighted by molar-refractivity contribution is 6.42. The summed E-state index contributed by atoms with van der Waals surface area (Å²) < 4.78 is 6.15. The lowest BCUT2D eigenvalue weighted by atomic mass is 9.75. The molecule has 1 aromatic carbocycles. The van der Waals surface area contributed by atoms with E-state index in [0.717, 1.165) is 12.0 Å². The molecule has 1 amide bonds. The van der Waals surface area contributed by atoms with Crippen molar-refractivity contribution in [3.05, 3.63) is 52.5 Å². The van der Waals surface area contributed by atoms with E-state index in [1.165, 1.54) is 6.33 Å². The number of nitrogens with one attached hydrogen (secondary N) is 1. The maximum atomic E-state index is 13.0. The Morgan fingerprint density at radius 2 is 1.88 bits per heavy atom. The first-order valence-corrected chi connectivity index (χ1v) is 9.05. The molecule has 5 nitrogen and oxygen atoms in total. The minimum atomic E-state index is -0.241. The van der Waals surface area contributed by atoms with Crippen molar-refractivity contribution in [2.75, 3.05) is 5.32 Å². The fraction of sp³-hybridized carbons (Fsp3) is 0.389. The van der Waals surface area contributed by atoms with Crippen LogP contribution in [-0.4, -0.2) is 28.1 Å². The Hall–Kier alpha value is -1.69. The van der Waals surface area contributed by atoms with Gasteiger partial charge in [-0.15, -0.1) is 0 Å². The number of fused-ring (bicyclic) bond motifs is 5. The van der Waals surface area contributed by atoms with Crippen LogP contribution in [0.2, 0.25) is 10.0 Å². The van der Waals surface area contributed by atoms with Crippen LogP contribution >= 0.6 is 23.2 Å². The molecular formula is C18H15Cl2N3O2. The number of carbonyl (C=O) groups is 1. The van der Waals surface area contributed by atoms with Crippen LogP contribution in [0.25, 0.3) is 0 Å². The summed E-state index contributed by atoms with van der Waals surface area (Å²) in [5.41, 5.74) is 1.60.